The zero-order valence-corrected chi connectivity index (χ0v) is 5.71. The predicted molar refractivity (Wildman–Crippen MR) is 34.6 cm³/mol. The van der Waals surface area contributed by atoms with Crippen LogP contribution >= 0.6 is 0 Å². The second kappa shape index (κ2) is 4.24. The van der Waals surface area contributed by atoms with Gasteiger partial charge in [-0.3, -0.25) is 4.79 Å². The summed E-state index contributed by atoms with van der Waals surface area (Å²) in [7, 11) is 0. The van der Waals surface area contributed by atoms with Crippen LogP contribution < -0.4 is 5.32 Å². The van der Waals surface area contributed by atoms with E-state index in [1.54, 1.807) is 0 Å². The van der Waals surface area contributed by atoms with Gasteiger partial charge in [-0.2, -0.15) is 0 Å². The van der Waals surface area contributed by atoms with Crippen molar-refractivity contribution in [1.29, 1.82) is 0 Å². The molecule has 0 unspecified atom stereocenters. The Balaban J connectivity index is 2.21. The molecular weight excluding hydrogens is 134 g/mol. The van der Waals surface area contributed by atoms with Gasteiger partial charge in [0.25, 0.3) is 0 Å². The van der Waals surface area contributed by atoms with Gasteiger partial charge in [-0.25, -0.2) is 0 Å². The Kier molecular flexibility index (Phi) is 3.18. The molecule has 0 radical (unpaired) electrons. The standard InChI is InChI=1S/C6H11NO3/c8-5-7-6-3-9-1-2-10-4-6/h5-6H,1-4H2,(H,7,8). The summed E-state index contributed by atoms with van der Waals surface area (Å²) >= 11 is 0. The number of carbonyl (C=O) groups excluding carboxylic acids is 1. The molecule has 4 nitrogen and oxygen atoms in total. The average Bonchev–Trinajstić information content (AvgIpc) is 2.17. The quantitative estimate of drug-likeness (QED) is 0.515. The lowest BCUT2D eigenvalue weighted by atomic mass is 10.3. The van der Waals surface area contributed by atoms with Crippen LogP contribution in [0.15, 0.2) is 0 Å². The number of hydrogen-bond acceptors (Lipinski definition) is 3. The maximum Gasteiger partial charge on any atom is 0.207 e. The molecule has 0 atom stereocenters. The van der Waals surface area contributed by atoms with Gasteiger partial charge in [0.1, 0.15) is 0 Å². The second-order valence-electron chi connectivity index (χ2n) is 2.13. The first-order valence-corrected chi connectivity index (χ1v) is 3.28. The largest absolute Gasteiger partial charge is 0.377 e. The highest BCUT2D eigenvalue weighted by Crippen LogP contribution is 1.92. The molecule has 0 aromatic carbocycles. The van der Waals surface area contributed by atoms with Crippen LogP contribution in [0.25, 0.3) is 0 Å². The van der Waals surface area contributed by atoms with Crippen LogP contribution in [0.1, 0.15) is 0 Å². The van der Waals surface area contributed by atoms with E-state index in [4.69, 9.17) is 9.47 Å². The van der Waals surface area contributed by atoms with E-state index >= 15 is 0 Å². The first-order chi connectivity index (χ1) is 4.93. The molecule has 1 aliphatic rings. The Hall–Kier alpha value is -0.610. The van der Waals surface area contributed by atoms with Crippen molar-refractivity contribution in [3.05, 3.63) is 0 Å². The Labute approximate surface area is 59.5 Å². The van der Waals surface area contributed by atoms with Crippen LogP contribution in [-0.4, -0.2) is 38.9 Å². The number of rotatable bonds is 2. The number of carbonyl (C=O) groups is 1. The van der Waals surface area contributed by atoms with Gasteiger partial charge in [0.05, 0.1) is 32.5 Å². The van der Waals surface area contributed by atoms with Crippen LogP contribution in [0.4, 0.5) is 0 Å². The fraction of sp³-hybridized carbons (Fsp3) is 0.833. The maximum absolute atomic E-state index is 9.96. The van der Waals surface area contributed by atoms with Gasteiger partial charge in [0.2, 0.25) is 6.41 Å². The van der Waals surface area contributed by atoms with Gasteiger partial charge < -0.3 is 14.8 Å². The summed E-state index contributed by atoms with van der Waals surface area (Å²) in [5.74, 6) is 0. The molecule has 0 saturated carbocycles. The van der Waals surface area contributed by atoms with Crippen molar-refractivity contribution in [1.82, 2.24) is 5.32 Å². The first-order valence-electron chi connectivity index (χ1n) is 3.28. The average molecular weight is 145 g/mol. The van der Waals surface area contributed by atoms with Gasteiger partial charge in [0.15, 0.2) is 0 Å². The fourth-order valence-corrected chi connectivity index (χ4v) is 0.810. The molecule has 1 rings (SSSR count). The van der Waals surface area contributed by atoms with Gasteiger partial charge >= 0.3 is 0 Å². The Bertz CT molecular complexity index is 99.2. The molecule has 0 bridgehead atoms. The normalized spacial score (nSPS) is 21.6. The minimum absolute atomic E-state index is 0.0278. The van der Waals surface area contributed by atoms with Crippen LogP contribution in [0.2, 0.25) is 0 Å². The topological polar surface area (TPSA) is 47.6 Å². The lowest BCUT2D eigenvalue weighted by Gasteiger charge is -2.10. The molecule has 0 aliphatic carbocycles. The van der Waals surface area contributed by atoms with Crippen molar-refractivity contribution in [2.75, 3.05) is 26.4 Å². The predicted octanol–water partition coefficient (Wildman–Crippen LogP) is -0.852. The number of ether oxygens (including phenoxy) is 2. The summed E-state index contributed by atoms with van der Waals surface area (Å²) < 4.78 is 10.2. The summed E-state index contributed by atoms with van der Waals surface area (Å²) in [6, 6.07) is 0.0278. The lowest BCUT2D eigenvalue weighted by Crippen LogP contribution is -2.34. The summed E-state index contributed by atoms with van der Waals surface area (Å²) in [5, 5.41) is 2.59. The van der Waals surface area contributed by atoms with Crippen molar-refractivity contribution in [2.24, 2.45) is 0 Å². The third-order valence-electron chi connectivity index (χ3n) is 1.31. The highest BCUT2D eigenvalue weighted by atomic mass is 16.5. The molecule has 0 aromatic rings. The Morgan fingerprint density at radius 2 is 1.90 bits per heavy atom. The summed E-state index contributed by atoms with van der Waals surface area (Å²) in [5.41, 5.74) is 0. The van der Waals surface area contributed by atoms with Crippen LogP contribution in [0.5, 0.6) is 0 Å². The molecular formula is C6H11NO3. The number of amides is 1. The minimum atomic E-state index is 0.0278. The van der Waals surface area contributed by atoms with Crippen LogP contribution in [0.3, 0.4) is 0 Å². The van der Waals surface area contributed by atoms with Gasteiger partial charge in [-0.1, -0.05) is 0 Å². The molecule has 1 amide bonds. The van der Waals surface area contributed by atoms with Gasteiger partial charge in [-0.15, -0.1) is 0 Å². The summed E-state index contributed by atoms with van der Waals surface area (Å²) in [4.78, 5) is 9.96. The zero-order chi connectivity index (χ0) is 7.23. The molecule has 0 aromatic heterocycles. The fourth-order valence-electron chi connectivity index (χ4n) is 0.810. The van der Waals surface area contributed by atoms with E-state index in [1.807, 2.05) is 0 Å². The van der Waals surface area contributed by atoms with Crippen LogP contribution in [0, 0.1) is 0 Å². The molecule has 1 aliphatic heterocycles. The van der Waals surface area contributed by atoms with Crippen molar-refractivity contribution < 1.29 is 14.3 Å². The lowest BCUT2D eigenvalue weighted by molar-refractivity contribution is -0.110. The van der Waals surface area contributed by atoms with Crippen molar-refractivity contribution in [3.63, 3.8) is 0 Å². The Morgan fingerprint density at radius 3 is 2.40 bits per heavy atom. The van der Waals surface area contributed by atoms with Crippen molar-refractivity contribution >= 4 is 6.41 Å². The van der Waals surface area contributed by atoms with E-state index in [9.17, 15) is 4.79 Å². The zero-order valence-electron chi connectivity index (χ0n) is 5.71. The first kappa shape index (κ1) is 7.50. The molecule has 1 heterocycles. The van der Waals surface area contributed by atoms with E-state index in [1.165, 1.54) is 0 Å². The van der Waals surface area contributed by atoms with Crippen molar-refractivity contribution in [3.8, 4) is 0 Å². The maximum atomic E-state index is 9.96. The smallest absolute Gasteiger partial charge is 0.207 e. The second-order valence-corrected chi connectivity index (χ2v) is 2.13. The third kappa shape index (κ3) is 2.33. The summed E-state index contributed by atoms with van der Waals surface area (Å²) in [6.07, 6.45) is 0.669. The molecule has 1 N–H and O–H groups in total. The van der Waals surface area contributed by atoms with E-state index in [0.29, 0.717) is 32.8 Å². The van der Waals surface area contributed by atoms with E-state index in [0.717, 1.165) is 0 Å². The third-order valence-corrected chi connectivity index (χ3v) is 1.31. The van der Waals surface area contributed by atoms with Gasteiger partial charge in [0, 0.05) is 0 Å². The molecule has 4 heteroatoms. The van der Waals surface area contributed by atoms with E-state index < -0.39 is 0 Å². The molecule has 1 saturated heterocycles. The van der Waals surface area contributed by atoms with E-state index in [2.05, 4.69) is 5.32 Å². The summed E-state index contributed by atoms with van der Waals surface area (Å²) in [6.45, 7) is 2.35. The SMILES string of the molecule is O=CNC1COCCOC1. The number of hydrogen-bond donors (Lipinski definition) is 1. The highest BCUT2D eigenvalue weighted by molar-refractivity contribution is 5.46. The highest BCUT2D eigenvalue weighted by Gasteiger charge is 2.10. The van der Waals surface area contributed by atoms with E-state index in [-0.39, 0.29) is 6.04 Å². The number of nitrogens with one attached hydrogen (secondary N) is 1. The Morgan fingerprint density at radius 1 is 1.30 bits per heavy atom. The molecule has 58 valence electrons. The molecule has 1 fully saturated rings. The van der Waals surface area contributed by atoms with Crippen LogP contribution in [-0.2, 0) is 14.3 Å². The van der Waals surface area contributed by atoms with Gasteiger partial charge in [-0.05, 0) is 0 Å². The molecule has 10 heavy (non-hydrogen) atoms. The molecule has 0 spiro atoms. The monoisotopic (exact) mass is 145 g/mol. The minimum Gasteiger partial charge on any atom is -0.377 e. The van der Waals surface area contributed by atoms with Crippen molar-refractivity contribution in [2.45, 2.75) is 6.04 Å².